The number of hydrogen-bond acceptors (Lipinski definition) is 7. The molecule has 0 N–H and O–H groups in total. The Morgan fingerprint density at radius 1 is 0.886 bits per heavy atom. The molecule has 0 radical (unpaired) electrons. The molecule has 3 amide bonds. The van der Waals surface area contributed by atoms with Crippen molar-refractivity contribution in [1.82, 2.24) is 10.0 Å². The van der Waals surface area contributed by atoms with Crippen LogP contribution in [-0.2, 0) is 14.4 Å². The molecule has 3 aromatic carbocycles. The van der Waals surface area contributed by atoms with Crippen LogP contribution in [0.2, 0.25) is 0 Å². The average Bonchev–Trinajstić information content (AvgIpc) is 3.68. The van der Waals surface area contributed by atoms with Crippen molar-refractivity contribution in [2.24, 2.45) is 21.4 Å². The topological polar surface area (TPSA) is 98.0 Å². The minimum atomic E-state index is -1.16. The average molecular weight is 599 g/mol. The Kier molecular flexibility index (Phi) is 6.83. The van der Waals surface area contributed by atoms with E-state index in [9.17, 15) is 27.6 Å². The summed E-state index contributed by atoms with van der Waals surface area (Å²) in [6, 6.07) is 14.2. The number of benzene rings is 3. The second-order valence-corrected chi connectivity index (χ2v) is 11.1. The Hall–Kier alpha value is -5.13. The molecule has 3 aromatic rings. The fourth-order valence-electron chi connectivity index (χ4n) is 6.40. The van der Waals surface area contributed by atoms with Crippen LogP contribution in [0.4, 0.5) is 18.9 Å². The molecule has 3 heterocycles. The van der Waals surface area contributed by atoms with E-state index in [1.54, 1.807) is 24.3 Å². The van der Waals surface area contributed by atoms with Crippen LogP contribution in [0.25, 0.3) is 6.08 Å². The van der Waals surface area contributed by atoms with Crippen LogP contribution in [0, 0.1) is 23.4 Å². The lowest BCUT2D eigenvalue weighted by Gasteiger charge is -2.30. The van der Waals surface area contributed by atoms with Crippen molar-refractivity contribution in [2.45, 2.75) is 37.4 Å². The summed E-state index contributed by atoms with van der Waals surface area (Å²) in [6.45, 7) is -0.404. The molecule has 0 aromatic heterocycles. The number of carbonyl (C=O) groups is 3. The molecule has 1 saturated heterocycles. The van der Waals surface area contributed by atoms with Crippen molar-refractivity contribution < 1.29 is 27.6 Å². The highest BCUT2D eigenvalue weighted by Crippen LogP contribution is 2.45. The van der Waals surface area contributed by atoms with Gasteiger partial charge in [0.15, 0.2) is 12.1 Å². The first kappa shape index (κ1) is 27.7. The number of hydrogen-bond donors (Lipinski definition) is 0. The maximum Gasteiger partial charge on any atom is 0.264 e. The third-order valence-corrected chi connectivity index (χ3v) is 8.40. The largest absolute Gasteiger partial charge is 0.271 e. The van der Waals surface area contributed by atoms with Gasteiger partial charge < -0.3 is 0 Å². The van der Waals surface area contributed by atoms with Crippen LogP contribution in [0.15, 0.2) is 93.8 Å². The molecule has 7 rings (SSSR count). The SMILES string of the molecule is O=C1[C@@H]2[C@@H](N=NN2CC(=O)N2N=C3/C(=C/c4ccc(F)cc4)CCC[C@H]3[C@H]2c2ccc(F)cc2)C(=O)N1c1cccc(F)c1. The van der Waals surface area contributed by atoms with Crippen LogP contribution < -0.4 is 4.90 Å². The lowest BCUT2D eigenvalue weighted by molar-refractivity contribution is -0.136. The number of amides is 3. The molecule has 12 heteroatoms. The van der Waals surface area contributed by atoms with Crippen molar-refractivity contribution in [2.75, 3.05) is 11.4 Å². The molecular weight excluding hydrogens is 573 g/mol. The molecule has 0 unspecified atom stereocenters. The molecule has 3 aliphatic heterocycles. The van der Waals surface area contributed by atoms with Gasteiger partial charge in [0, 0.05) is 5.92 Å². The molecule has 44 heavy (non-hydrogen) atoms. The van der Waals surface area contributed by atoms with E-state index in [2.05, 4.69) is 10.3 Å². The highest BCUT2D eigenvalue weighted by Gasteiger charge is 2.55. The maximum atomic E-state index is 14.0. The molecule has 1 saturated carbocycles. The third-order valence-electron chi connectivity index (χ3n) is 8.40. The first-order valence-electron chi connectivity index (χ1n) is 14.2. The Bertz CT molecular complexity index is 1760. The fourth-order valence-corrected chi connectivity index (χ4v) is 6.40. The zero-order valence-electron chi connectivity index (χ0n) is 23.2. The summed E-state index contributed by atoms with van der Waals surface area (Å²) < 4.78 is 41.3. The number of imide groups is 1. The fraction of sp³-hybridized carbons (Fsp3) is 0.250. The van der Waals surface area contributed by atoms with Crippen molar-refractivity contribution in [1.29, 1.82) is 0 Å². The smallest absolute Gasteiger partial charge is 0.264 e. The minimum absolute atomic E-state index is 0.0720. The van der Waals surface area contributed by atoms with Gasteiger partial charge in [-0.05, 0) is 84.5 Å². The molecule has 0 spiro atoms. The normalized spacial score (nSPS) is 25.1. The first-order chi connectivity index (χ1) is 21.3. The van der Waals surface area contributed by atoms with E-state index in [1.807, 2.05) is 6.08 Å². The van der Waals surface area contributed by atoms with Crippen LogP contribution in [0.3, 0.4) is 0 Å². The van der Waals surface area contributed by atoms with Gasteiger partial charge in [0.05, 0.1) is 17.4 Å². The maximum absolute atomic E-state index is 14.0. The predicted octanol–water partition coefficient (Wildman–Crippen LogP) is 5.22. The molecule has 0 bridgehead atoms. The molecular formula is C32H25F3N6O3. The Morgan fingerprint density at radius 3 is 2.34 bits per heavy atom. The van der Waals surface area contributed by atoms with Gasteiger partial charge in [-0.25, -0.2) is 23.1 Å². The Labute approximate surface area is 249 Å². The van der Waals surface area contributed by atoms with E-state index < -0.39 is 54.0 Å². The lowest BCUT2D eigenvalue weighted by atomic mass is 9.77. The second-order valence-electron chi connectivity index (χ2n) is 11.1. The monoisotopic (exact) mass is 598 g/mol. The summed E-state index contributed by atoms with van der Waals surface area (Å²) in [6.07, 6.45) is 4.20. The number of anilines is 1. The molecule has 222 valence electrons. The van der Waals surface area contributed by atoms with Crippen molar-refractivity contribution in [3.8, 4) is 0 Å². The van der Waals surface area contributed by atoms with E-state index in [-0.39, 0.29) is 17.4 Å². The van der Waals surface area contributed by atoms with Crippen molar-refractivity contribution in [3.63, 3.8) is 0 Å². The van der Waals surface area contributed by atoms with Crippen LogP contribution >= 0.6 is 0 Å². The van der Waals surface area contributed by atoms with Crippen LogP contribution in [0.5, 0.6) is 0 Å². The number of allylic oxidation sites excluding steroid dienone is 1. The Morgan fingerprint density at radius 2 is 1.61 bits per heavy atom. The number of carbonyl (C=O) groups excluding carboxylic acids is 3. The van der Waals surface area contributed by atoms with Crippen LogP contribution in [0.1, 0.15) is 36.4 Å². The number of rotatable bonds is 5. The zero-order valence-corrected chi connectivity index (χ0v) is 23.2. The molecule has 4 aliphatic rings. The summed E-state index contributed by atoms with van der Waals surface area (Å²) in [5, 5.41) is 15.3. The van der Waals surface area contributed by atoms with Gasteiger partial charge in [-0.15, -0.1) is 0 Å². The highest BCUT2D eigenvalue weighted by atomic mass is 19.1. The summed E-state index contributed by atoms with van der Waals surface area (Å²) in [5.74, 6) is -3.36. The summed E-state index contributed by atoms with van der Waals surface area (Å²) >= 11 is 0. The van der Waals surface area contributed by atoms with E-state index in [1.165, 1.54) is 52.5 Å². The molecule has 2 fully saturated rings. The van der Waals surface area contributed by atoms with Gasteiger partial charge >= 0.3 is 0 Å². The van der Waals surface area contributed by atoms with Crippen LogP contribution in [-0.4, -0.2) is 52.1 Å². The van der Waals surface area contributed by atoms with Crippen molar-refractivity contribution >= 4 is 35.2 Å². The van der Waals surface area contributed by atoms with E-state index >= 15 is 0 Å². The lowest BCUT2D eigenvalue weighted by Crippen LogP contribution is -2.45. The zero-order chi connectivity index (χ0) is 30.5. The number of hydrazone groups is 1. The van der Waals surface area contributed by atoms with Gasteiger partial charge in [0.2, 0.25) is 0 Å². The summed E-state index contributed by atoms with van der Waals surface area (Å²) in [7, 11) is 0. The quantitative estimate of drug-likeness (QED) is 0.376. The van der Waals surface area contributed by atoms with Gasteiger partial charge in [-0.2, -0.15) is 10.2 Å². The standard InChI is InChI=1S/C32H25F3N6O3/c33-21-11-7-18(8-12-21)15-20-3-1-6-25-27(20)37-41(29(25)19-9-13-22(34)14-10-19)26(42)17-39-30-28(36-38-39)31(43)40(32(30)44)24-5-2-4-23(35)16-24/h2,4-5,7-16,25,28-30H,1,3,6,17H2/b20-15+/t25-,28-,29-,30+/m1/s1. The van der Waals surface area contributed by atoms with Gasteiger partial charge in [-0.1, -0.05) is 35.6 Å². The molecule has 1 aliphatic carbocycles. The van der Waals surface area contributed by atoms with Gasteiger partial charge in [0.1, 0.15) is 24.0 Å². The molecule has 9 nitrogen and oxygen atoms in total. The predicted molar refractivity (Wildman–Crippen MR) is 153 cm³/mol. The summed E-state index contributed by atoms with van der Waals surface area (Å²) in [4.78, 5) is 41.3. The Balaban J connectivity index is 1.19. The number of fused-ring (bicyclic) bond motifs is 2. The molecule has 4 atom stereocenters. The van der Waals surface area contributed by atoms with Gasteiger partial charge in [-0.3, -0.25) is 19.4 Å². The first-order valence-corrected chi connectivity index (χ1v) is 14.2. The van der Waals surface area contributed by atoms with E-state index in [0.29, 0.717) is 17.7 Å². The summed E-state index contributed by atoms with van der Waals surface area (Å²) in [5.41, 5.74) is 3.19. The number of halogens is 3. The highest BCUT2D eigenvalue weighted by molar-refractivity contribution is 6.25. The number of nitrogens with zero attached hydrogens (tertiary/aromatic N) is 6. The minimum Gasteiger partial charge on any atom is -0.271 e. The van der Waals surface area contributed by atoms with Crippen molar-refractivity contribution in [3.05, 3.63) is 107 Å². The second kappa shape index (κ2) is 10.9. The van der Waals surface area contributed by atoms with E-state index in [4.69, 9.17) is 5.10 Å². The van der Waals surface area contributed by atoms with E-state index in [0.717, 1.165) is 34.9 Å². The third kappa shape index (κ3) is 4.76. The van der Waals surface area contributed by atoms with Gasteiger partial charge in [0.25, 0.3) is 17.7 Å².